The number of rotatable bonds is 3. The smallest absolute Gasteiger partial charge is 0.257 e. The van der Waals surface area contributed by atoms with Gasteiger partial charge in [-0.3, -0.25) is 4.79 Å². The number of carbonyl (C=O) groups excluding carboxylic acids is 1. The molecule has 2 unspecified atom stereocenters. The molecule has 3 rings (SSSR count). The fourth-order valence-corrected chi connectivity index (χ4v) is 3.07. The highest BCUT2D eigenvalue weighted by molar-refractivity contribution is 6.31. The number of amides is 1. The summed E-state index contributed by atoms with van der Waals surface area (Å²) in [5, 5.41) is 11.7. The van der Waals surface area contributed by atoms with Gasteiger partial charge in [-0.2, -0.15) is 5.26 Å². The summed E-state index contributed by atoms with van der Waals surface area (Å²) in [4.78, 5) is 22.8. The van der Waals surface area contributed by atoms with Crippen LogP contribution in [-0.4, -0.2) is 41.2 Å². The van der Waals surface area contributed by atoms with E-state index in [-0.39, 0.29) is 28.8 Å². The molecule has 0 spiro atoms. The predicted molar refractivity (Wildman–Crippen MR) is 98.4 cm³/mol. The Hall–Kier alpha value is -2.69. The number of anilines is 2. The molecule has 1 saturated heterocycles. The largest absolute Gasteiger partial charge is 0.372 e. The highest BCUT2D eigenvalue weighted by Crippen LogP contribution is 2.20. The van der Waals surface area contributed by atoms with Crippen LogP contribution in [-0.2, 0) is 4.74 Å². The Morgan fingerprint density at radius 2 is 2.04 bits per heavy atom. The van der Waals surface area contributed by atoms with Gasteiger partial charge in [-0.15, -0.1) is 0 Å². The molecular formula is C18H18ClN5O2. The van der Waals surface area contributed by atoms with E-state index in [1.54, 1.807) is 6.07 Å². The van der Waals surface area contributed by atoms with E-state index in [9.17, 15) is 4.79 Å². The molecule has 1 aliphatic rings. The second kappa shape index (κ2) is 7.68. The van der Waals surface area contributed by atoms with Crippen molar-refractivity contribution >= 4 is 29.0 Å². The zero-order chi connectivity index (χ0) is 18.7. The summed E-state index contributed by atoms with van der Waals surface area (Å²) in [5.41, 5.74) is 0.951. The van der Waals surface area contributed by atoms with E-state index in [4.69, 9.17) is 21.6 Å². The molecule has 0 bridgehead atoms. The molecule has 7 nitrogen and oxygen atoms in total. The molecule has 2 aromatic rings. The number of halogens is 1. The lowest BCUT2D eigenvalue weighted by atomic mass is 10.2. The molecule has 0 radical (unpaired) electrons. The van der Waals surface area contributed by atoms with Gasteiger partial charge in [0.2, 0.25) is 0 Å². The van der Waals surface area contributed by atoms with Crippen molar-refractivity contribution in [1.29, 1.82) is 5.26 Å². The molecule has 2 atom stereocenters. The van der Waals surface area contributed by atoms with Crippen LogP contribution >= 0.6 is 11.6 Å². The van der Waals surface area contributed by atoms with Gasteiger partial charge in [-0.1, -0.05) is 11.6 Å². The number of nitrogens with zero attached hydrogens (tertiary/aromatic N) is 4. The molecule has 0 aromatic carbocycles. The van der Waals surface area contributed by atoms with Gasteiger partial charge in [0.15, 0.2) is 5.69 Å². The van der Waals surface area contributed by atoms with E-state index in [0.29, 0.717) is 11.3 Å². The van der Waals surface area contributed by atoms with Crippen molar-refractivity contribution in [3.63, 3.8) is 0 Å². The summed E-state index contributed by atoms with van der Waals surface area (Å²) in [6, 6.07) is 6.91. The molecule has 1 fully saturated rings. The minimum absolute atomic E-state index is 0.115. The van der Waals surface area contributed by atoms with Gasteiger partial charge in [-0.05, 0) is 32.0 Å². The van der Waals surface area contributed by atoms with E-state index in [0.717, 1.165) is 18.9 Å². The number of hydrogen-bond acceptors (Lipinski definition) is 6. The number of nitriles is 1. The predicted octanol–water partition coefficient (Wildman–Crippen LogP) is 2.87. The molecule has 1 aliphatic heterocycles. The number of hydrogen-bond donors (Lipinski definition) is 1. The van der Waals surface area contributed by atoms with E-state index >= 15 is 0 Å². The van der Waals surface area contributed by atoms with Crippen LogP contribution < -0.4 is 10.2 Å². The van der Waals surface area contributed by atoms with E-state index < -0.39 is 0 Å². The Kier molecular flexibility index (Phi) is 5.35. The summed E-state index contributed by atoms with van der Waals surface area (Å²) in [7, 11) is 0. The average molecular weight is 372 g/mol. The lowest BCUT2D eigenvalue weighted by molar-refractivity contribution is -0.00546. The third kappa shape index (κ3) is 4.10. The maximum absolute atomic E-state index is 12.4. The van der Waals surface area contributed by atoms with Crippen molar-refractivity contribution in [3.05, 3.63) is 46.9 Å². The summed E-state index contributed by atoms with van der Waals surface area (Å²) in [6.45, 7) is 5.58. The van der Waals surface area contributed by atoms with Gasteiger partial charge >= 0.3 is 0 Å². The maximum atomic E-state index is 12.4. The summed E-state index contributed by atoms with van der Waals surface area (Å²) < 4.78 is 5.72. The minimum Gasteiger partial charge on any atom is -0.372 e. The van der Waals surface area contributed by atoms with Gasteiger partial charge in [0.1, 0.15) is 11.9 Å². The lowest BCUT2D eigenvalue weighted by Crippen LogP contribution is -2.45. The first-order chi connectivity index (χ1) is 12.5. The van der Waals surface area contributed by atoms with Gasteiger partial charge in [-0.25, -0.2) is 9.97 Å². The first kappa shape index (κ1) is 18.1. The van der Waals surface area contributed by atoms with E-state index in [1.807, 2.05) is 26.0 Å². The molecule has 26 heavy (non-hydrogen) atoms. The van der Waals surface area contributed by atoms with Crippen LogP contribution in [0.3, 0.4) is 0 Å². The van der Waals surface area contributed by atoms with Crippen molar-refractivity contribution in [2.75, 3.05) is 23.3 Å². The van der Waals surface area contributed by atoms with Crippen LogP contribution in [0.5, 0.6) is 0 Å². The number of ether oxygens (including phenoxy) is 1. The summed E-state index contributed by atoms with van der Waals surface area (Å²) in [6.07, 6.45) is 3.20. The van der Waals surface area contributed by atoms with Crippen molar-refractivity contribution in [2.45, 2.75) is 26.1 Å². The number of aromatic nitrogens is 2. The van der Waals surface area contributed by atoms with Gasteiger partial charge in [0.05, 0.1) is 34.7 Å². The van der Waals surface area contributed by atoms with Gasteiger partial charge in [0, 0.05) is 19.3 Å². The molecular weight excluding hydrogens is 354 g/mol. The van der Waals surface area contributed by atoms with Crippen LogP contribution in [0.1, 0.15) is 29.9 Å². The maximum Gasteiger partial charge on any atom is 0.257 e. The fourth-order valence-electron chi connectivity index (χ4n) is 2.86. The second-order valence-electron chi connectivity index (χ2n) is 6.19. The number of morpholine rings is 1. The molecule has 2 aromatic heterocycles. The molecule has 3 heterocycles. The van der Waals surface area contributed by atoms with Crippen LogP contribution in [0.25, 0.3) is 0 Å². The summed E-state index contributed by atoms with van der Waals surface area (Å²) >= 11 is 5.92. The Morgan fingerprint density at radius 3 is 2.62 bits per heavy atom. The average Bonchev–Trinajstić information content (AvgIpc) is 2.61. The van der Waals surface area contributed by atoms with Crippen LogP contribution in [0, 0.1) is 11.3 Å². The van der Waals surface area contributed by atoms with Crippen molar-refractivity contribution in [2.24, 2.45) is 0 Å². The van der Waals surface area contributed by atoms with Gasteiger partial charge in [0.25, 0.3) is 5.91 Å². The van der Waals surface area contributed by atoms with Crippen LogP contribution in [0.15, 0.2) is 30.6 Å². The molecule has 134 valence electrons. The fraction of sp³-hybridized carbons (Fsp3) is 0.333. The number of carbonyl (C=O) groups is 1. The molecule has 0 saturated carbocycles. The monoisotopic (exact) mass is 371 g/mol. The normalized spacial score (nSPS) is 19.7. The first-order valence-corrected chi connectivity index (χ1v) is 8.57. The Labute approximate surface area is 156 Å². The molecule has 0 aliphatic carbocycles. The van der Waals surface area contributed by atoms with Crippen molar-refractivity contribution in [1.82, 2.24) is 9.97 Å². The zero-order valence-electron chi connectivity index (χ0n) is 14.4. The Morgan fingerprint density at radius 1 is 1.31 bits per heavy atom. The third-order valence-electron chi connectivity index (χ3n) is 3.96. The number of nitrogens with one attached hydrogen (secondary N) is 1. The van der Waals surface area contributed by atoms with E-state index in [1.165, 1.54) is 18.5 Å². The first-order valence-electron chi connectivity index (χ1n) is 8.19. The van der Waals surface area contributed by atoms with Crippen LogP contribution in [0.4, 0.5) is 11.5 Å². The quantitative estimate of drug-likeness (QED) is 0.892. The highest BCUT2D eigenvalue weighted by atomic mass is 35.5. The van der Waals surface area contributed by atoms with E-state index in [2.05, 4.69) is 20.2 Å². The molecule has 8 heteroatoms. The topological polar surface area (TPSA) is 91.1 Å². The zero-order valence-corrected chi connectivity index (χ0v) is 15.2. The third-order valence-corrected chi connectivity index (χ3v) is 4.25. The van der Waals surface area contributed by atoms with Crippen molar-refractivity contribution in [3.8, 4) is 6.07 Å². The SMILES string of the molecule is CC1CN(c2ccc(C(=O)Nc3cnc(C#N)c(Cl)c3)cn2)CC(C)O1. The Balaban J connectivity index is 1.69. The summed E-state index contributed by atoms with van der Waals surface area (Å²) in [5.74, 6) is 0.488. The lowest BCUT2D eigenvalue weighted by Gasteiger charge is -2.36. The second-order valence-corrected chi connectivity index (χ2v) is 6.59. The Bertz CT molecular complexity index is 840. The number of pyridine rings is 2. The molecule has 1 amide bonds. The molecule has 1 N–H and O–H groups in total. The minimum atomic E-state index is -0.324. The van der Waals surface area contributed by atoms with Crippen LogP contribution in [0.2, 0.25) is 5.02 Å². The van der Waals surface area contributed by atoms with Gasteiger partial charge < -0.3 is 15.0 Å². The highest BCUT2D eigenvalue weighted by Gasteiger charge is 2.23. The van der Waals surface area contributed by atoms with Crippen molar-refractivity contribution < 1.29 is 9.53 Å². The standard InChI is InChI=1S/C18H18ClN5O2/c1-11-9-24(10-12(2)26-11)17-4-3-13(7-22-17)18(25)23-14-5-15(19)16(6-20)21-8-14/h3-5,7-8,11-12H,9-10H2,1-2H3,(H,23,25).